The van der Waals surface area contributed by atoms with Crippen LogP contribution in [0.2, 0.25) is 0 Å². The van der Waals surface area contributed by atoms with Crippen molar-refractivity contribution in [3.63, 3.8) is 0 Å². The molecule has 1 aliphatic carbocycles. The summed E-state index contributed by atoms with van der Waals surface area (Å²) in [5, 5.41) is 6.85. The molecule has 1 aromatic carbocycles. The van der Waals surface area contributed by atoms with Crippen LogP contribution in [0.1, 0.15) is 62.4 Å². The molecular weight excluding hydrogens is 428 g/mol. The fraction of sp³-hybridized carbons (Fsp3) is 0.600. The number of likely N-dealkylation sites (tertiary alicyclic amines) is 1. The van der Waals surface area contributed by atoms with E-state index in [1.54, 1.807) is 12.1 Å². The Bertz CT molecular complexity index is 1030. The van der Waals surface area contributed by atoms with Gasteiger partial charge in [0.05, 0.1) is 0 Å². The maximum Gasteiger partial charge on any atom is 0.248 e. The minimum absolute atomic E-state index is 0.0870. The number of hydrogen-bond donors (Lipinski definition) is 3. The molecule has 2 aliphatic rings. The summed E-state index contributed by atoms with van der Waals surface area (Å²) in [6.45, 7) is 11.5. The normalized spacial score (nSPS) is 19.0. The molecule has 34 heavy (non-hydrogen) atoms. The van der Waals surface area contributed by atoms with Crippen molar-refractivity contribution in [2.45, 2.75) is 65.5 Å². The zero-order valence-corrected chi connectivity index (χ0v) is 21.1. The first-order valence-electron chi connectivity index (χ1n) is 12.2. The Kier molecular flexibility index (Phi) is 6.93. The van der Waals surface area contributed by atoms with E-state index < -0.39 is 5.91 Å². The van der Waals surface area contributed by atoms with Gasteiger partial charge in [0.2, 0.25) is 23.8 Å². The number of aromatic nitrogens is 3. The number of benzene rings is 1. The Hall–Kier alpha value is -2.94. The zero-order valence-electron chi connectivity index (χ0n) is 21.1. The van der Waals surface area contributed by atoms with Crippen LogP contribution < -0.4 is 21.3 Å². The third-order valence-corrected chi connectivity index (χ3v) is 6.59. The number of carbonyl (C=O) groups is 1. The first kappa shape index (κ1) is 24.2. The second-order valence-electron chi connectivity index (χ2n) is 10.9. The maximum atomic E-state index is 11.7. The van der Waals surface area contributed by atoms with E-state index in [1.165, 1.54) is 19.3 Å². The molecule has 4 rings (SSSR count). The number of carbonyl (C=O) groups excluding carboxylic acids is 1. The SMILES string of the molecule is Cc1ccc(C(N)=O)cc1Nc1nc(N[C@@H]2CCN(C3CCC3)C2)nc(N(C)CC(C)(C)C)n1. The van der Waals surface area contributed by atoms with E-state index in [-0.39, 0.29) is 5.41 Å². The van der Waals surface area contributed by atoms with Gasteiger partial charge in [0.15, 0.2) is 0 Å². The molecule has 2 fully saturated rings. The molecule has 0 bridgehead atoms. The summed E-state index contributed by atoms with van der Waals surface area (Å²) in [5.41, 5.74) is 7.72. The van der Waals surface area contributed by atoms with Gasteiger partial charge < -0.3 is 21.3 Å². The summed E-state index contributed by atoms with van der Waals surface area (Å²) in [5.74, 6) is 1.14. The fourth-order valence-electron chi connectivity index (χ4n) is 4.64. The molecule has 0 radical (unpaired) electrons. The minimum Gasteiger partial charge on any atom is -0.366 e. The topological polar surface area (TPSA) is 112 Å². The molecule has 0 unspecified atom stereocenters. The van der Waals surface area contributed by atoms with Gasteiger partial charge in [-0.2, -0.15) is 15.0 Å². The highest BCUT2D eigenvalue weighted by Gasteiger charge is 2.32. The number of nitrogens with one attached hydrogen (secondary N) is 2. The number of hydrogen-bond acceptors (Lipinski definition) is 8. The predicted molar refractivity (Wildman–Crippen MR) is 137 cm³/mol. The van der Waals surface area contributed by atoms with Gasteiger partial charge in [-0.3, -0.25) is 9.69 Å². The molecule has 2 aromatic rings. The molecular formula is C25H38N8O. The summed E-state index contributed by atoms with van der Waals surface area (Å²) in [6, 6.07) is 6.39. The Morgan fingerprint density at radius 2 is 1.91 bits per heavy atom. The molecule has 1 atom stereocenters. The van der Waals surface area contributed by atoms with E-state index in [2.05, 4.69) is 46.2 Å². The number of amides is 1. The molecule has 1 aliphatic heterocycles. The highest BCUT2D eigenvalue weighted by molar-refractivity contribution is 5.94. The van der Waals surface area contributed by atoms with Crippen LogP contribution in [0, 0.1) is 12.3 Å². The molecule has 1 amide bonds. The molecule has 1 aromatic heterocycles. The lowest BCUT2D eigenvalue weighted by atomic mass is 9.92. The second-order valence-corrected chi connectivity index (χ2v) is 10.9. The molecule has 9 heteroatoms. The molecule has 9 nitrogen and oxygen atoms in total. The highest BCUT2D eigenvalue weighted by atomic mass is 16.1. The van der Waals surface area contributed by atoms with Crippen molar-refractivity contribution >= 4 is 29.4 Å². The molecule has 0 spiro atoms. The standard InChI is InChI=1S/C25H38N8O/c1-16-9-10-17(21(26)34)13-20(16)28-23-29-22(30-24(31-23)32(5)15-25(2,3)4)27-18-11-12-33(14-18)19-7-6-8-19/h9-10,13,18-19H,6-8,11-12,14-15H2,1-5H3,(H2,26,34)(H2,27,28,29,30,31)/t18-/m1/s1. The smallest absolute Gasteiger partial charge is 0.248 e. The largest absolute Gasteiger partial charge is 0.366 e. The Balaban J connectivity index is 1.58. The van der Waals surface area contributed by atoms with Crippen molar-refractivity contribution in [1.82, 2.24) is 19.9 Å². The van der Waals surface area contributed by atoms with Crippen molar-refractivity contribution in [1.29, 1.82) is 0 Å². The first-order valence-corrected chi connectivity index (χ1v) is 12.2. The van der Waals surface area contributed by atoms with Crippen molar-refractivity contribution in [3.8, 4) is 0 Å². The average molecular weight is 467 g/mol. The third kappa shape index (κ3) is 5.94. The quantitative estimate of drug-likeness (QED) is 0.542. The van der Waals surface area contributed by atoms with E-state index in [0.29, 0.717) is 29.5 Å². The predicted octanol–water partition coefficient (Wildman–Crippen LogP) is 3.54. The number of nitrogens with zero attached hydrogens (tertiary/aromatic N) is 5. The van der Waals surface area contributed by atoms with Crippen molar-refractivity contribution < 1.29 is 4.79 Å². The van der Waals surface area contributed by atoms with Crippen LogP contribution in [0.15, 0.2) is 18.2 Å². The van der Waals surface area contributed by atoms with E-state index >= 15 is 0 Å². The van der Waals surface area contributed by atoms with Crippen molar-refractivity contribution in [3.05, 3.63) is 29.3 Å². The van der Waals surface area contributed by atoms with Gasteiger partial charge in [0.1, 0.15) is 0 Å². The van der Waals surface area contributed by atoms with Gasteiger partial charge in [0.25, 0.3) is 0 Å². The summed E-state index contributed by atoms with van der Waals surface area (Å²) in [7, 11) is 2.00. The van der Waals surface area contributed by atoms with Crippen molar-refractivity contribution in [2.24, 2.45) is 11.1 Å². The van der Waals surface area contributed by atoms with E-state index in [9.17, 15) is 4.79 Å². The van der Waals surface area contributed by atoms with Crippen LogP contribution in [0.5, 0.6) is 0 Å². The zero-order chi connectivity index (χ0) is 24.5. The molecule has 2 heterocycles. The van der Waals surface area contributed by atoms with Crippen LogP contribution in [0.3, 0.4) is 0 Å². The highest BCUT2D eigenvalue weighted by Crippen LogP contribution is 2.29. The Labute approximate surface area is 202 Å². The lowest BCUT2D eigenvalue weighted by Gasteiger charge is -2.34. The van der Waals surface area contributed by atoms with E-state index in [1.807, 2.05) is 20.0 Å². The fourth-order valence-corrected chi connectivity index (χ4v) is 4.64. The Morgan fingerprint density at radius 1 is 1.18 bits per heavy atom. The minimum atomic E-state index is -0.469. The summed E-state index contributed by atoms with van der Waals surface area (Å²) in [4.78, 5) is 30.5. The van der Waals surface area contributed by atoms with Crippen molar-refractivity contribution in [2.75, 3.05) is 42.2 Å². The van der Waals surface area contributed by atoms with Gasteiger partial charge in [-0.25, -0.2) is 0 Å². The number of primary amides is 1. The second kappa shape index (κ2) is 9.74. The van der Waals surface area contributed by atoms with Gasteiger partial charge in [-0.05, 0) is 49.3 Å². The first-order chi connectivity index (χ1) is 16.1. The molecule has 4 N–H and O–H groups in total. The van der Waals surface area contributed by atoms with E-state index in [4.69, 9.17) is 15.7 Å². The molecule has 1 saturated heterocycles. The number of aryl methyl sites for hydroxylation is 1. The van der Waals surface area contributed by atoms with Crippen LogP contribution >= 0.6 is 0 Å². The third-order valence-electron chi connectivity index (χ3n) is 6.59. The summed E-state index contributed by atoms with van der Waals surface area (Å²) < 4.78 is 0. The lowest BCUT2D eigenvalue weighted by molar-refractivity contribution is 0.100. The average Bonchev–Trinajstić information content (AvgIpc) is 3.14. The number of nitrogens with two attached hydrogens (primary N) is 1. The van der Waals surface area contributed by atoms with Gasteiger partial charge in [0, 0.05) is 50.0 Å². The number of rotatable bonds is 8. The monoisotopic (exact) mass is 466 g/mol. The molecule has 1 saturated carbocycles. The Morgan fingerprint density at radius 3 is 2.56 bits per heavy atom. The van der Waals surface area contributed by atoms with Gasteiger partial charge >= 0.3 is 0 Å². The lowest BCUT2D eigenvalue weighted by Crippen LogP contribution is -2.39. The van der Waals surface area contributed by atoms with Gasteiger partial charge in [-0.1, -0.05) is 33.3 Å². The van der Waals surface area contributed by atoms with Crippen LogP contribution in [-0.4, -0.2) is 64.5 Å². The van der Waals surface area contributed by atoms with Crippen LogP contribution in [-0.2, 0) is 0 Å². The van der Waals surface area contributed by atoms with Crippen LogP contribution in [0.4, 0.5) is 23.5 Å². The molecule has 184 valence electrons. The maximum absolute atomic E-state index is 11.7. The summed E-state index contributed by atoms with van der Waals surface area (Å²) >= 11 is 0. The van der Waals surface area contributed by atoms with E-state index in [0.717, 1.165) is 43.3 Å². The number of anilines is 4. The van der Waals surface area contributed by atoms with Crippen LogP contribution in [0.25, 0.3) is 0 Å². The van der Waals surface area contributed by atoms with Gasteiger partial charge in [-0.15, -0.1) is 0 Å². The summed E-state index contributed by atoms with van der Waals surface area (Å²) in [6.07, 6.45) is 5.06.